The molecule has 0 aliphatic carbocycles. The molecule has 6 nitrogen and oxygen atoms in total. The summed E-state index contributed by atoms with van der Waals surface area (Å²) in [5, 5.41) is 7.29. The first-order chi connectivity index (χ1) is 13.9. The van der Waals surface area contributed by atoms with E-state index in [0.29, 0.717) is 16.5 Å². The van der Waals surface area contributed by atoms with Crippen molar-refractivity contribution in [2.75, 3.05) is 13.2 Å². The lowest BCUT2D eigenvalue weighted by molar-refractivity contribution is 0.0115. The van der Waals surface area contributed by atoms with Gasteiger partial charge in [-0.05, 0) is 30.3 Å². The SMILES string of the molecule is O=C(c1cc(-c2cccc(Cl)c2)n[nH]1)N1CC(F)(F)CC1COc1cccnc1. The third kappa shape index (κ3) is 4.37. The molecular weight excluding hydrogens is 402 g/mol. The molecule has 9 heteroatoms. The first kappa shape index (κ1) is 19.3. The van der Waals surface area contributed by atoms with Crippen LogP contribution in [0.2, 0.25) is 5.02 Å². The zero-order valence-corrected chi connectivity index (χ0v) is 15.9. The Labute approximate surface area is 170 Å². The van der Waals surface area contributed by atoms with Crippen LogP contribution >= 0.6 is 11.6 Å². The van der Waals surface area contributed by atoms with E-state index in [0.717, 1.165) is 10.5 Å². The first-order valence-corrected chi connectivity index (χ1v) is 9.32. The smallest absolute Gasteiger partial charge is 0.272 e. The highest BCUT2D eigenvalue weighted by molar-refractivity contribution is 6.30. The standard InChI is InChI=1S/C20H17ClF2N4O2/c21-14-4-1-3-13(7-14)17-8-18(26-25-17)19(28)27-12-20(22,23)9-15(27)11-29-16-5-2-6-24-10-16/h1-8,10,15H,9,11-12H2,(H,25,26). The number of hydrogen-bond donors (Lipinski definition) is 1. The van der Waals surface area contributed by atoms with Crippen molar-refractivity contribution in [3.8, 4) is 17.0 Å². The number of carbonyl (C=O) groups is 1. The number of likely N-dealkylation sites (tertiary alicyclic amines) is 1. The van der Waals surface area contributed by atoms with Gasteiger partial charge >= 0.3 is 0 Å². The number of alkyl halides is 2. The summed E-state index contributed by atoms with van der Waals surface area (Å²) in [6, 6.07) is 11.1. The Morgan fingerprint density at radius 2 is 2.17 bits per heavy atom. The van der Waals surface area contributed by atoms with E-state index in [1.54, 1.807) is 42.6 Å². The van der Waals surface area contributed by atoms with E-state index in [1.807, 2.05) is 0 Å². The molecule has 3 aromatic rings. The predicted octanol–water partition coefficient (Wildman–Crippen LogP) is 4.05. The van der Waals surface area contributed by atoms with Crippen molar-refractivity contribution in [2.45, 2.75) is 18.4 Å². The summed E-state index contributed by atoms with van der Waals surface area (Å²) >= 11 is 5.99. The van der Waals surface area contributed by atoms with Gasteiger partial charge in [-0.25, -0.2) is 8.78 Å². The van der Waals surface area contributed by atoms with Gasteiger partial charge in [-0.1, -0.05) is 23.7 Å². The van der Waals surface area contributed by atoms with Crippen molar-refractivity contribution in [3.05, 3.63) is 65.6 Å². The molecular formula is C20H17ClF2N4O2. The van der Waals surface area contributed by atoms with Gasteiger partial charge in [0, 0.05) is 23.2 Å². The molecule has 1 amide bonds. The number of hydrogen-bond acceptors (Lipinski definition) is 4. The minimum absolute atomic E-state index is 0.0533. The highest BCUT2D eigenvalue weighted by atomic mass is 35.5. The quantitative estimate of drug-likeness (QED) is 0.678. The Balaban J connectivity index is 1.51. The van der Waals surface area contributed by atoms with Crippen LogP contribution in [0.15, 0.2) is 54.9 Å². The summed E-state index contributed by atoms with van der Waals surface area (Å²) in [4.78, 5) is 17.9. The van der Waals surface area contributed by atoms with Gasteiger partial charge < -0.3 is 9.64 Å². The predicted molar refractivity (Wildman–Crippen MR) is 103 cm³/mol. The van der Waals surface area contributed by atoms with Crippen LogP contribution in [0.1, 0.15) is 16.9 Å². The average molecular weight is 419 g/mol. The van der Waals surface area contributed by atoms with Gasteiger partial charge in [-0.2, -0.15) is 5.10 Å². The molecule has 1 aromatic carbocycles. The zero-order valence-electron chi connectivity index (χ0n) is 15.2. The fourth-order valence-corrected chi connectivity index (χ4v) is 3.48. The Morgan fingerprint density at radius 3 is 2.93 bits per heavy atom. The topological polar surface area (TPSA) is 71.1 Å². The van der Waals surface area contributed by atoms with Crippen LogP contribution in [0.3, 0.4) is 0 Å². The van der Waals surface area contributed by atoms with E-state index in [1.165, 1.54) is 12.3 Å². The maximum absolute atomic E-state index is 14.1. The number of rotatable bonds is 5. The summed E-state index contributed by atoms with van der Waals surface area (Å²) in [6.07, 6.45) is 2.61. The Bertz CT molecular complexity index is 1010. The number of aromatic amines is 1. The van der Waals surface area contributed by atoms with Crippen molar-refractivity contribution in [1.29, 1.82) is 0 Å². The molecule has 0 bridgehead atoms. The monoisotopic (exact) mass is 418 g/mol. The molecule has 0 radical (unpaired) electrons. The number of halogens is 3. The highest BCUT2D eigenvalue weighted by Gasteiger charge is 2.47. The van der Waals surface area contributed by atoms with Gasteiger partial charge in [-0.15, -0.1) is 0 Å². The maximum Gasteiger partial charge on any atom is 0.272 e. The van der Waals surface area contributed by atoms with Crippen LogP contribution < -0.4 is 4.74 Å². The molecule has 0 spiro atoms. The number of H-pyrrole nitrogens is 1. The van der Waals surface area contributed by atoms with E-state index in [-0.39, 0.29) is 12.3 Å². The molecule has 1 saturated heterocycles. The third-order valence-corrected chi connectivity index (χ3v) is 4.88. The molecule has 29 heavy (non-hydrogen) atoms. The lowest BCUT2D eigenvalue weighted by Crippen LogP contribution is -2.39. The molecule has 0 saturated carbocycles. The van der Waals surface area contributed by atoms with Gasteiger partial charge in [0.25, 0.3) is 11.8 Å². The lowest BCUT2D eigenvalue weighted by Gasteiger charge is -2.23. The molecule has 1 fully saturated rings. The van der Waals surface area contributed by atoms with E-state index in [4.69, 9.17) is 16.3 Å². The molecule has 150 valence electrons. The van der Waals surface area contributed by atoms with Gasteiger partial charge in [0.05, 0.1) is 24.5 Å². The van der Waals surface area contributed by atoms with Crippen molar-refractivity contribution in [1.82, 2.24) is 20.1 Å². The van der Waals surface area contributed by atoms with Gasteiger partial charge in [0.2, 0.25) is 0 Å². The molecule has 3 heterocycles. The number of pyridine rings is 1. The lowest BCUT2D eigenvalue weighted by atomic mass is 10.1. The molecule has 1 aliphatic rings. The van der Waals surface area contributed by atoms with Crippen LogP contribution in [0.4, 0.5) is 8.78 Å². The number of nitrogens with one attached hydrogen (secondary N) is 1. The minimum atomic E-state index is -2.98. The number of benzene rings is 1. The summed E-state index contributed by atoms with van der Waals surface area (Å²) in [5.74, 6) is -3.07. The number of carbonyl (C=O) groups excluding carboxylic acids is 1. The average Bonchev–Trinajstić information content (AvgIpc) is 3.31. The zero-order chi connectivity index (χ0) is 20.4. The van der Waals surface area contributed by atoms with E-state index in [9.17, 15) is 13.6 Å². The molecule has 2 aromatic heterocycles. The number of aromatic nitrogens is 3. The molecule has 1 atom stereocenters. The van der Waals surface area contributed by atoms with Crippen molar-refractivity contribution in [2.24, 2.45) is 0 Å². The van der Waals surface area contributed by atoms with Crippen LogP contribution in [0.5, 0.6) is 5.75 Å². The first-order valence-electron chi connectivity index (χ1n) is 8.94. The second-order valence-electron chi connectivity index (χ2n) is 6.82. The second-order valence-corrected chi connectivity index (χ2v) is 7.26. The molecule has 4 rings (SSSR count). The highest BCUT2D eigenvalue weighted by Crippen LogP contribution is 2.33. The summed E-state index contributed by atoms with van der Waals surface area (Å²) in [7, 11) is 0. The number of amides is 1. The van der Waals surface area contributed by atoms with Crippen molar-refractivity contribution >= 4 is 17.5 Å². The Kier molecular flexibility index (Phi) is 5.19. The fraction of sp³-hybridized carbons (Fsp3) is 0.250. The van der Waals surface area contributed by atoms with Crippen LogP contribution in [0.25, 0.3) is 11.3 Å². The van der Waals surface area contributed by atoms with Gasteiger partial charge in [-0.3, -0.25) is 14.9 Å². The van der Waals surface area contributed by atoms with E-state index in [2.05, 4.69) is 15.2 Å². The Hall–Kier alpha value is -3.00. The van der Waals surface area contributed by atoms with Crippen LogP contribution in [0, 0.1) is 0 Å². The minimum Gasteiger partial charge on any atom is -0.490 e. The van der Waals surface area contributed by atoms with E-state index < -0.39 is 30.8 Å². The van der Waals surface area contributed by atoms with E-state index >= 15 is 0 Å². The van der Waals surface area contributed by atoms with Gasteiger partial charge in [0.1, 0.15) is 18.1 Å². The van der Waals surface area contributed by atoms with Crippen LogP contribution in [-0.2, 0) is 0 Å². The fourth-order valence-electron chi connectivity index (χ4n) is 3.29. The van der Waals surface area contributed by atoms with Crippen molar-refractivity contribution in [3.63, 3.8) is 0 Å². The molecule has 1 unspecified atom stereocenters. The normalized spacial score (nSPS) is 18.0. The second kappa shape index (κ2) is 7.79. The summed E-state index contributed by atoms with van der Waals surface area (Å²) in [6.45, 7) is -0.721. The molecule has 1 aliphatic heterocycles. The number of ether oxygens (including phenoxy) is 1. The number of nitrogens with zero attached hydrogens (tertiary/aromatic N) is 3. The summed E-state index contributed by atoms with van der Waals surface area (Å²) < 4.78 is 33.7. The third-order valence-electron chi connectivity index (χ3n) is 4.64. The molecule has 1 N–H and O–H groups in total. The van der Waals surface area contributed by atoms with Crippen molar-refractivity contribution < 1.29 is 18.3 Å². The largest absolute Gasteiger partial charge is 0.490 e. The Morgan fingerprint density at radius 1 is 1.31 bits per heavy atom. The summed E-state index contributed by atoms with van der Waals surface area (Å²) in [5.41, 5.74) is 1.35. The van der Waals surface area contributed by atoms with Crippen LogP contribution in [-0.4, -0.2) is 51.1 Å². The maximum atomic E-state index is 14.1. The van der Waals surface area contributed by atoms with Gasteiger partial charge in [0.15, 0.2) is 0 Å².